The van der Waals surface area contributed by atoms with E-state index in [4.69, 9.17) is 22.4 Å². The molecule has 2 atom stereocenters. The number of halogens is 1. The molecule has 76 valence electrons. The zero-order chi connectivity index (χ0) is 10.5. The zero-order valence-corrected chi connectivity index (χ0v) is 7.99. The Kier molecular flexibility index (Phi) is 2.01. The Morgan fingerprint density at radius 3 is 2.86 bits per heavy atom. The molecular formula is C8H9ClN2O3. The van der Waals surface area contributed by atoms with E-state index in [0.29, 0.717) is 12.8 Å². The van der Waals surface area contributed by atoms with Crippen molar-refractivity contribution in [3.05, 3.63) is 10.7 Å². The van der Waals surface area contributed by atoms with Gasteiger partial charge in [0.1, 0.15) is 11.7 Å². The molecule has 0 saturated carbocycles. The van der Waals surface area contributed by atoms with E-state index in [0.717, 1.165) is 0 Å². The summed E-state index contributed by atoms with van der Waals surface area (Å²) in [6.45, 7) is 0. The molecule has 0 aromatic rings. The first kappa shape index (κ1) is 9.48. The molecule has 0 radical (unpaired) electrons. The van der Waals surface area contributed by atoms with Crippen LogP contribution in [0.15, 0.2) is 10.7 Å². The van der Waals surface area contributed by atoms with Gasteiger partial charge in [-0.05, 0) is 12.8 Å². The van der Waals surface area contributed by atoms with Crippen molar-refractivity contribution in [2.45, 2.75) is 24.9 Å². The van der Waals surface area contributed by atoms with Crippen LogP contribution in [-0.4, -0.2) is 34.0 Å². The van der Waals surface area contributed by atoms with E-state index in [1.54, 1.807) is 0 Å². The summed E-state index contributed by atoms with van der Waals surface area (Å²) in [5, 5.41) is 9.09. The number of nitrogens with two attached hydrogens (primary N) is 1. The number of hydrogen-bond acceptors (Lipinski definition) is 3. The van der Waals surface area contributed by atoms with Gasteiger partial charge in [-0.2, -0.15) is 0 Å². The quantitative estimate of drug-likeness (QED) is 0.598. The van der Waals surface area contributed by atoms with E-state index >= 15 is 0 Å². The minimum Gasteiger partial charge on any atom is -0.477 e. The molecule has 6 heteroatoms. The van der Waals surface area contributed by atoms with Gasteiger partial charge in [-0.1, -0.05) is 11.6 Å². The summed E-state index contributed by atoms with van der Waals surface area (Å²) in [7, 11) is 0. The lowest BCUT2D eigenvalue weighted by Gasteiger charge is -2.47. The fourth-order valence-corrected chi connectivity index (χ4v) is 2.18. The number of carbonyl (C=O) groups excluding carboxylic acids is 1. The Bertz CT molecular complexity index is 352. The molecule has 2 rings (SSSR count). The highest BCUT2D eigenvalue weighted by atomic mass is 35.5. The Labute approximate surface area is 85.1 Å². The molecule has 2 unspecified atom stereocenters. The van der Waals surface area contributed by atoms with Gasteiger partial charge in [-0.3, -0.25) is 9.69 Å². The third-order valence-electron chi connectivity index (χ3n) is 2.63. The van der Waals surface area contributed by atoms with Crippen LogP contribution >= 0.6 is 11.6 Å². The van der Waals surface area contributed by atoms with Crippen molar-refractivity contribution in [3.63, 3.8) is 0 Å². The predicted octanol–water partition coefficient (Wildman–Crippen LogP) is -0.147. The topological polar surface area (TPSA) is 83.6 Å². The smallest absolute Gasteiger partial charge is 0.353 e. The second-order valence-electron chi connectivity index (χ2n) is 3.40. The Morgan fingerprint density at radius 1 is 1.64 bits per heavy atom. The van der Waals surface area contributed by atoms with Gasteiger partial charge in [0.25, 0.3) is 0 Å². The van der Waals surface area contributed by atoms with Crippen LogP contribution in [-0.2, 0) is 9.59 Å². The number of carboxylic acids is 1. The summed E-state index contributed by atoms with van der Waals surface area (Å²) in [6.07, 6.45) is 1.12. The maximum atomic E-state index is 11.3. The number of amides is 1. The first-order valence-electron chi connectivity index (χ1n) is 4.24. The van der Waals surface area contributed by atoms with Crippen LogP contribution in [0.2, 0.25) is 0 Å². The van der Waals surface area contributed by atoms with Crippen molar-refractivity contribution in [2.24, 2.45) is 5.73 Å². The lowest BCUT2D eigenvalue weighted by Crippen LogP contribution is -2.69. The highest BCUT2D eigenvalue weighted by Gasteiger charge is 2.50. The number of β-lactam (4-membered cyclic amide) rings is 1. The number of nitrogens with zero attached hydrogens (tertiary/aromatic N) is 1. The van der Waals surface area contributed by atoms with E-state index in [1.165, 1.54) is 4.90 Å². The van der Waals surface area contributed by atoms with Gasteiger partial charge < -0.3 is 10.8 Å². The van der Waals surface area contributed by atoms with Crippen LogP contribution in [0, 0.1) is 0 Å². The summed E-state index contributed by atoms with van der Waals surface area (Å²) in [6, 6.07) is -0.745. The Morgan fingerprint density at radius 2 is 2.29 bits per heavy atom. The molecule has 2 heterocycles. The standard InChI is InChI=1S/C8H9ClN2O3/c9-3-1-2-4-5(10)7(12)11(4)6(3)8(13)14/h4-5H,1-2,10H2,(H,13,14). The van der Waals surface area contributed by atoms with E-state index < -0.39 is 12.0 Å². The van der Waals surface area contributed by atoms with Crippen LogP contribution in [0.25, 0.3) is 0 Å². The predicted molar refractivity (Wildman–Crippen MR) is 48.4 cm³/mol. The minimum absolute atomic E-state index is 0.102. The molecule has 5 nitrogen and oxygen atoms in total. The minimum atomic E-state index is -1.17. The van der Waals surface area contributed by atoms with Gasteiger partial charge >= 0.3 is 5.97 Å². The average Bonchev–Trinajstić information content (AvgIpc) is 2.15. The zero-order valence-electron chi connectivity index (χ0n) is 7.24. The van der Waals surface area contributed by atoms with Gasteiger partial charge in [0.15, 0.2) is 0 Å². The fourth-order valence-electron chi connectivity index (χ4n) is 1.89. The number of fused-ring (bicyclic) bond motifs is 1. The average molecular weight is 217 g/mol. The van der Waals surface area contributed by atoms with Crippen molar-refractivity contribution >= 4 is 23.5 Å². The van der Waals surface area contributed by atoms with Crippen LogP contribution in [0.4, 0.5) is 0 Å². The van der Waals surface area contributed by atoms with Crippen LogP contribution in [0.3, 0.4) is 0 Å². The Hall–Kier alpha value is -1.07. The SMILES string of the molecule is NC1C(=O)N2C(C(=O)O)=C(Cl)CCC12. The first-order valence-corrected chi connectivity index (χ1v) is 4.62. The maximum Gasteiger partial charge on any atom is 0.353 e. The number of rotatable bonds is 1. The van der Waals surface area contributed by atoms with E-state index in [1.807, 2.05) is 0 Å². The van der Waals surface area contributed by atoms with Crippen molar-refractivity contribution in [2.75, 3.05) is 0 Å². The van der Waals surface area contributed by atoms with Crippen LogP contribution in [0.1, 0.15) is 12.8 Å². The molecule has 1 saturated heterocycles. The molecule has 0 aromatic heterocycles. The summed E-state index contributed by atoms with van der Waals surface area (Å²) in [5.74, 6) is -1.52. The molecule has 1 fully saturated rings. The molecule has 0 aromatic carbocycles. The van der Waals surface area contributed by atoms with Crippen molar-refractivity contribution in [1.29, 1.82) is 0 Å². The lowest BCUT2D eigenvalue weighted by atomic mass is 9.87. The number of aliphatic carboxylic acids is 1. The second-order valence-corrected chi connectivity index (χ2v) is 3.85. The van der Waals surface area contributed by atoms with E-state index in [2.05, 4.69) is 0 Å². The summed E-state index contributed by atoms with van der Waals surface area (Å²) < 4.78 is 0. The van der Waals surface area contributed by atoms with Crippen molar-refractivity contribution < 1.29 is 14.7 Å². The number of carbonyl (C=O) groups is 2. The molecule has 1 amide bonds. The largest absolute Gasteiger partial charge is 0.477 e. The molecule has 14 heavy (non-hydrogen) atoms. The first-order chi connectivity index (χ1) is 6.54. The molecule has 2 aliphatic heterocycles. The molecule has 0 bridgehead atoms. The third kappa shape index (κ3) is 1.06. The number of allylic oxidation sites excluding steroid dienone is 1. The highest BCUT2D eigenvalue weighted by molar-refractivity contribution is 6.32. The third-order valence-corrected chi connectivity index (χ3v) is 3.00. The molecule has 0 spiro atoms. The summed E-state index contributed by atoms with van der Waals surface area (Å²) >= 11 is 5.75. The summed E-state index contributed by atoms with van der Waals surface area (Å²) in [5.41, 5.74) is 5.43. The van der Waals surface area contributed by atoms with Crippen LogP contribution in [0.5, 0.6) is 0 Å². The number of carboxylic acid groups (broad SMARTS) is 1. The van der Waals surface area contributed by atoms with Gasteiger partial charge in [-0.25, -0.2) is 4.79 Å². The summed E-state index contributed by atoms with van der Waals surface area (Å²) in [4.78, 5) is 23.3. The second kappa shape index (κ2) is 2.96. The van der Waals surface area contributed by atoms with Crippen molar-refractivity contribution in [1.82, 2.24) is 4.90 Å². The van der Waals surface area contributed by atoms with Crippen molar-refractivity contribution in [3.8, 4) is 0 Å². The highest BCUT2D eigenvalue weighted by Crippen LogP contribution is 2.36. The molecule has 0 aliphatic carbocycles. The molecular weight excluding hydrogens is 208 g/mol. The van der Waals surface area contributed by atoms with E-state index in [-0.39, 0.29) is 22.7 Å². The van der Waals surface area contributed by atoms with Gasteiger partial charge in [0.05, 0.1) is 6.04 Å². The fraction of sp³-hybridized carbons (Fsp3) is 0.500. The van der Waals surface area contributed by atoms with Crippen LogP contribution < -0.4 is 5.73 Å². The van der Waals surface area contributed by atoms with Gasteiger partial charge in [-0.15, -0.1) is 0 Å². The monoisotopic (exact) mass is 216 g/mol. The lowest BCUT2D eigenvalue weighted by molar-refractivity contribution is -0.152. The number of hydrogen-bond donors (Lipinski definition) is 2. The van der Waals surface area contributed by atoms with E-state index in [9.17, 15) is 9.59 Å². The van der Waals surface area contributed by atoms with Gasteiger partial charge in [0.2, 0.25) is 5.91 Å². The molecule has 2 aliphatic rings. The maximum absolute atomic E-state index is 11.3. The normalized spacial score (nSPS) is 31.3. The Balaban J connectivity index is 2.37. The molecule has 3 N–H and O–H groups in total. The van der Waals surface area contributed by atoms with Gasteiger partial charge in [0, 0.05) is 5.03 Å².